The molecule has 0 radical (unpaired) electrons. The summed E-state index contributed by atoms with van der Waals surface area (Å²) >= 11 is 0. The van der Waals surface area contributed by atoms with Gasteiger partial charge in [0.2, 0.25) is 0 Å². The van der Waals surface area contributed by atoms with E-state index in [1.807, 2.05) is 18.2 Å². The van der Waals surface area contributed by atoms with Crippen LogP contribution in [0.25, 0.3) is 0 Å². The van der Waals surface area contributed by atoms with E-state index in [1.54, 1.807) is 6.20 Å². The summed E-state index contributed by atoms with van der Waals surface area (Å²) in [6.07, 6.45) is 3.92. The van der Waals surface area contributed by atoms with Crippen LogP contribution in [0, 0.1) is 22.7 Å². The number of rotatable bonds is 2. The molecule has 1 aromatic heterocycles. The molecule has 68 valence electrons. The van der Waals surface area contributed by atoms with Gasteiger partial charge in [-0.25, -0.2) is 0 Å². The van der Waals surface area contributed by atoms with Gasteiger partial charge in [-0.3, -0.25) is 4.98 Å². The molecule has 1 heterocycles. The third-order valence-electron chi connectivity index (χ3n) is 2.60. The highest BCUT2D eigenvalue weighted by molar-refractivity contribution is 5.37. The Labute approximate surface area is 82.6 Å². The summed E-state index contributed by atoms with van der Waals surface area (Å²) in [4.78, 5) is 4.15. The van der Waals surface area contributed by atoms with Crippen LogP contribution in [0.5, 0.6) is 0 Å². The average Bonchev–Trinajstić information content (AvgIpc) is 3.00. The fourth-order valence-corrected chi connectivity index (χ4v) is 1.48. The highest BCUT2D eigenvalue weighted by Gasteiger charge is 2.45. The molecule has 1 saturated carbocycles. The molecule has 0 spiro atoms. The molecule has 0 unspecified atom stereocenters. The second-order valence-electron chi connectivity index (χ2n) is 3.57. The van der Waals surface area contributed by atoms with Crippen LogP contribution in [0.3, 0.4) is 0 Å². The van der Waals surface area contributed by atoms with Gasteiger partial charge in [-0.1, -0.05) is 6.07 Å². The van der Waals surface area contributed by atoms with Crippen molar-refractivity contribution in [1.29, 1.82) is 10.5 Å². The Bertz CT molecular complexity index is 415. The lowest BCUT2D eigenvalue weighted by atomic mass is 9.99. The summed E-state index contributed by atoms with van der Waals surface area (Å²) in [5, 5.41) is 17.4. The first-order chi connectivity index (χ1) is 6.80. The summed E-state index contributed by atoms with van der Waals surface area (Å²) < 4.78 is 0. The number of hydrogen-bond donors (Lipinski definition) is 0. The topological polar surface area (TPSA) is 60.5 Å². The van der Waals surface area contributed by atoms with Crippen molar-refractivity contribution in [2.45, 2.75) is 24.7 Å². The van der Waals surface area contributed by atoms with Gasteiger partial charge in [0.1, 0.15) is 0 Å². The van der Waals surface area contributed by atoms with Gasteiger partial charge < -0.3 is 0 Å². The molecular formula is C11H9N3. The SMILES string of the molecule is N#CCc1ccc(C2(C#N)CC2)cn1. The maximum Gasteiger partial charge on any atom is 0.0838 e. The summed E-state index contributed by atoms with van der Waals surface area (Å²) in [5.41, 5.74) is 1.49. The first-order valence-electron chi connectivity index (χ1n) is 4.54. The molecular weight excluding hydrogens is 174 g/mol. The lowest BCUT2D eigenvalue weighted by molar-refractivity contribution is 0.890. The van der Waals surface area contributed by atoms with E-state index in [9.17, 15) is 0 Å². The lowest BCUT2D eigenvalue weighted by Gasteiger charge is -2.04. The third kappa shape index (κ3) is 1.34. The minimum Gasteiger partial charge on any atom is -0.260 e. The van der Waals surface area contributed by atoms with Crippen molar-refractivity contribution in [2.75, 3.05) is 0 Å². The maximum atomic E-state index is 8.95. The molecule has 1 aliphatic carbocycles. The Balaban J connectivity index is 2.24. The van der Waals surface area contributed by atoms with E-state index in [1.165, 1.54) is 0 Å². The molecule has 0 saturated heterocycles. The highest BCUT2D eigenvalue weighted by Crippen LogP contribution is 2.47. The Morgan fingerprint density at radius 1 is 1.36 bits per heavy atom. The summed E-state index contributed by atoms with van der Waals surface area (Å²) in [6.45, 7) is 0. The number of pyridine rings is 1. The van der Waals surface area contributed by atoms with Gasteiger partial charge >= 0.3 is 0 Å². The Hall–Kier alpha value is -1.87. The van der Waals surface area contributed by atoms with E-state index < -0.39 is 0 Å². The average molecular weight is 183 g/mol. The Kier molecular flexibility index (Phi) is 1.94. The van der Waals surface area contributed by atoms with Crippen molar-refractivity contribution < 1.29 is 0 Å². The smallest absolute Gasteiger partial charge is 0.0838 e. The third-order valence-corrected chi connectivity index (χ3v) is 2.60. The van der Waals surface area contributed by atoms with Crippen molar-refractivity contribution in [3.63, 3.8) is 0 Å². The molecule has 3 heteroatoms. The molecule has 0 aliphatic heterocycles. The van der Waals surface area contributed by atoms with Crippen molar-refractivity contribution >= 4 is 0 Å². The van der Waals surface area contributed by atoms with E-state index in [4.69, 9.17) is 10.5 Å². The molecule has 2 rings (SSSR count). The van der Waals surface area contributed by atoms with Crippen LogP contribution in [0.1, 0.15) is 24.1 Å². The number of nitrogens with zero attached hydrogens (tertiary/aromatic N) is 3. The van der Waals surface area contributed by atoms with E-state index in [0.717, 1.165) is 24.1 Å². The van der Waals surface area contributed by atoms with Gasteiger partial charge in [-0.15, -0.1) is 0 Å². The fourth-order valence-electron chi connectivity index (χ4n) is 1.48. The lowest BCUT2D eigenvalue weighted by Crippen LogP contribution is -2.03. The number of aromatic nitrogens is 1. The molecule has 14 heavy (non-hydrogen) atoms. The van der Waals surface area contributed by atoms with E-state index in [-0.39, 0.29) is 5.41 Å². The zero-order valence-corrected chi connectivity index (χ0v) is 7.70. The monoisotopic (exact) mass is 183 g/mol. The van der Waals surface area contributed by atoms with Gasteiger partial charge in [0.25, 0.3) is 0 Å². The van der Waals surface area contributed by atoms with Gasteiger partial charge in [0, 0.05) is 6.20 Å². The molecule has 0 aromatic carbocycles. The van der Waals surface area contributed by atoms with Crippen LogP contribution in [-0.2, 0) is 11.8 Å². The van der Waals surface area contributed by atoms with Crippen LogP contribution in [0.15, 0.2) is 18.3 Å². The van der Waals surface area contributed by atoms with Crippen LogP contribution >= 0.6 is 0 Å². The summed E-state index contributed by atoms with van der Waals surface area (Å²) in [6, 6.07) is 8.10. The van der Waals surface area contributed by atoms with Crippen molar-refractivity contribution in [2.24, 2.45) is 0 Å². The fraction of sp³-hybridized carbons (Fsp3) is 0.364. The van der Waals surface area contributed by atoms with Crippen molar-refractivity contribution in [1.82, 2.24) is 4.98 Å². The van der Waals surface area contributed by atoms with Crippen LogP contribution in [0.4, 0.5) is 0 Å². The quantitative estimate of drug-likeness (QED) is 0.701. The predicted molar refractivity (Wildman–Crippen MR) is 50.1 cm³/mol. The zero-order chi connectivity index (χ0) is 10.0. The van der Waals surface area contributed by atoms with Crippen LogP contribution in [-0.4, -0.2) is 4.98 Å². The van der Waals surface area contributed by atoms with Crippen LogP contribution in [0.2, 0.25) is 0 Å². The first-order valence-corrected chi connectivity index (χ1v) is 4.54. The molecule has 0 bridgehead atoms. The normalized spacial score (nSPS) is 16.7. The second kappa shape index (κ2) is 3.12. The minimum absolute atomic E-state index is 0.266. The first kappa shape index (κ1) is 8.72. The predicted octanol–water partition coefficient (Wildman–Crippen LogP) is 1.70. The highest BCUT2D eigenvalue weighted by atomic mass is 14.7. The van der Waals surface area contributed by atoms with E-state index in [0.29, 0.717) is 6.42 Å². The van der Waals surface area contributed by atoms with E-state index >= 15 is 0 Å². The van der Waals surface area contributed by atoms with Crippen LogP contribution < -0.4 is 0 Å². The molecule has 1 aliphatic rings. The number of nitriles is 2. The van der Waals surface area contributed by atoms with Crippen molar-refractivity contribution in [3.05, 3.63) is 29.6 Å². The summed E-state index contributed by atoms with van der Waals surface area (Å²) in [7, 11) is 0. The molecule has 0 N–H and O–H groups in total. The molecule has 0 atom stereocenters. The summed E-state index contributed by atoms with van der Waals surface area (Å²) in [5.74, 6) is 0. The maximum absolute atomic E-state index is 8.95. The number of hydrogen-bond acceptors (Lipinski definition) is 3. The van der Waals surface area contributed by atoms with Crippen molar-refractivity contribution in [3.8, 4) is 12.1 Å². The molecule has 1 fully saturated rings. The zero-order valence-electron chi connectivity index (χ0n) is 7.70. The molecule has 0 amide bonds. The Morgan fingerprint density at radius 3 is 2.57 bits per heavy atom. The van der Waals surface area contributed by atoms with Gasteiger partial charge in [-0.2, -0.15) is 10.5 Å². The van der Waals surface area contributed by atoms with E-state index in [2.05, 4.69) is 11.1 Å². The van der Waals surface area contributed by atoms with Gasteiger partial charge in [0.15, 0.2) is 0 Å². The minimum atomic E-state index is -0.266. The molecule has 1 aromatic rings. The standard InChI is InChI=1S/C11H9N3/c12-6-3-10-2-1-9(7-14-10)11(8-13)4-5-11/h1-2,7H,3-5H2. The molecule has 3 nitrogen and oxygen atoms in total. The largest absolute Gasteiger partial charge is 0.260 e. The van der Waals surface area contributed by atoms with Gasteiger partial charge in [-0.05, 0) is 24.5 Å². The van der Waals surface area contributed by atoms with Gasteiger partial charge in [0.05, 0.1) is 29.7 Å². The Morgan fingerprint density at radius 2 is 2.14 bits per heavy atom. The second-order valence-corrected chi connectivity index (χ2v) is 3.57.